The first kappa shape index (κ1) is 16.1. The fraction of sp³-hybridized carbons (Fsp3) is 0.562. The summed E-state index contributed by atoms with van der Waals surface area (Å²) in [5.74, 6) is 1.10. The molecule has 0 aromatic heterocycles. The maximum Gasteiger partial charge on any atom is 0.310 e. The van der Waals surface area contributed by atoms with Gasteiger partial charge in [0.05, 0.1) is 19.6 Å². The topological polar surface area (TPSA) is 38.8 Å². The van der Waals surface area contributed by atoms with Crippen molar-refractivity contribution >= 4 is 17.6 Å². The molecule has 4 nitrogen and oxygen atoms in total. The number of carbonyl (C=O) groups is 1. The first-order chi connectivity index (χ1) is 10.1. The van der Waals surface area contributed by atoms with Crippen LogP contribution in [0, 0.1) is 11.8 Å². The molecule has 0 radical (unpaired) electrons. The van der Waals surface area contributed by atoms with Gasteiger partial charge in [0.1, 0.15) is 5.75 Å². The Bertz CT molecular complexity index is 463. The number of rotatable bonds is 6. The zero-order valence-electron chi connectivity index (χ0n) is 12.5. The van der Waals surface area contributed by atoms with Gasteiger partial charge in [-0.3, -0.25) is 4.79 Å². The number of esters is 1. The molecule has 0 amide bonds. The molecule has 0 spiro atoms. The van der Waals surface area contributed by atoms with Crippen LogP contribution in [0.25, 0.3) is 0 Å². The Morgan fingerprint density at radius 2 is 2.05 bits per heavy atom. The predicted molar refractivity (Wildman–Crippen MR) is 82.7 cm³/mol. The normalized spacial score (nSPS) is 22.2. The van der Waals surface area contributed by atoms with Gasteiger partial charge in [-0.15, -0.1) is 0 Å². The van der Waals surface area contributed by atoms with Gasteiger partial charge in [0.15, 0.2) is 0 Å². The zero-order chi connectivity index (χ0) is 15.2. The van der Waals surface area contributed by atoms with Crippen LogP contribution in [0.1, 0.15) is 13.3 Å². The van der Waals surface area contributed by atoms with E-state index in [4.69, 9.17) is 21.1 Å². The summed E-state index contributed by atoms with van der Waals surface area (Å²) in [7, 11) is 1.46. The van der Waals surface area contributed by atoms with Gasteiger partial charge in [-0.05, 0) is 36.6 Å². The first-order valence-corrected chi connectivity index (χ1v) is 7.66. The number of halogens is 1. The van der Waals surface area contributed by atoms with E-state index in [0.29, 0.717) is 17.5 Å². The number of carbonyl (C=O) groups excluding carboxylic acids is 1. The van der Waals surface area contributed by atoms with Crippen LogP contribution in [-0.4, -0.2) is 44.2 Å². The van der Waals surface area contributed by atoms with Crippen molar-refractivity contribution in [1.29, 1.82) is 0 Å². The maximum absolute atomic E-state index is 11.6. The highest BCUT2D eigenvalue weighted by Crippen LogP contribution is 2.24. The molecule has 0 bridgehead atoms. The summed E-state index contributed by atoms with van der Waals surface area (Å²) in [4.78, 5) is 13.9. The van der Waals surface area contributed by atoms with E-state index in [9.17, 15) is 4.79 Å². The van der Waals surface area contributed by atoms with Gasteiger partial charge in [0, 0.05) is 24.7 Å². The van der Waals surface area contributed by atoms with Crippen LogP contribution in [0.15, 0.2) is 24.3 Å². The van der Waals surface area contributed by atoms with E-state index in [1.165, 1.54) is 7.11 Å². The van der Waals surface area contributed by atoms with Crippen LogP contribution in [0.3, 0.4) is 0 Å². The van der Waals surface area contributed by atoms with Gasteiger partial charge < -0.3 is 14.4 Å². The second-order valence-corrected chi connectivity index (χ2v) is 5.96. The number of hydrogen-bond acceptors (Lipinski definition) is 4. The second kappa shape index (κ2) is 7.66. The molecular formula is C16H22ClNO3. The van der Waals surface area contributed by atoms with Crippen LogP contribution in [-0.2, 0) is 9.53 Å². The molecule has 1 aromatic rings. The molecule has 5 heteroatoms. The summed E-state index contributed by atoms with van der Waals surface area (Å²) >= 11 is 5.82. The van der Waals surface area contributed by atoms with E-state index in [-0.39, 0.29) is 11.9 Å². The Hall–Kier alpha value is -1.26. The minimum Gasteiger partial charge on any atom is -0.494 e. The largest absolute Gasteiger partial charge is 0.494 e. The minimum absolute atomic E-state index is 0.00665. The average molecular weight is 312 g/mol. The van der Waals surface area contributed by atoms with Crippen molar-refractivity contribution in [1.82, 2.24) is 4.90 Å². The lowest BCUT2D eigenvalue weighted by Gasteiger charge is -2.15. The number of likely N-dealkylation sites (tertiary alicyclic amines) is 1. The summed E-state index contributed by atoms with van der Waals surface area (Å²) in [6.07, 6.45) is 0.934. The molecule has 116 valence electrons. The molecule has 1 aliphatic rings. The molecule has 0 N–H and O–H groups in total. The smallest absolute Gasteiger partial charge is 0.310 e. The lowest BCUT2D eigenvalue weighted by molar-refractivity contribution is -0.146. The van der Waals surface area contributed by atoms with Gasteiger partial charge in [0.2, 0.25) is 0 Å². The van der Waals surface area contributed by atoms with Gasteiger partial charge in [-0.1, -0.05) is 18.5 Å². The van der Waals surface area contributed by atoms with Crippen molar-refractivity contribution in [2.75, 3.05) is 33.4 Å². The van der Waals surface area contributed by atoms with Crippen molar-refractivity contribution in [2.45, 2.75) is 13.3 Å². The molecule has 2 rings (SSSR count). The summed E-state index contributed by atoms with van der Waals surface area (Å²) < 4.78 is 10.5. The van der Waals surface area contributed by atoms with E-state index in [1.807, 2.05) is 24.3 Å². The highest BCUT2D eigenvalue weighted by atomic mass is 35.5. The standard InChI is InChI=1S/C16H22ClNO3/c1-12-10-18(11-15(12)16(19)20-2)8-3-9-21-14-6-4-13(17)5-7-14/h4-7,12,15H,3,8-11H2,1-2H3. The van der Waals surface area contributed by atoms with Gasteiger partial charge in [0.25, 0.3) is 0 Å². The monoisotopic (exact) mass is 311 g/mol. The Balaban J connectivity index is 1.67. The molecule has 1 aromatic carbocycles. The number of benzene rings is 1. The van der Waals surface area contributed by atoms with Gasteiger partial charge in [-0.25, -0.2) is 0 Å². The number of methoxy groups -OCH3 is 1. The van der Waals surface area contributed by atoms with Crippen LogP contribution in [0.4, 0.5) is 0 Å². The average Bonchev–Trinajstić information content (AvgIpc) is 2.85. The molecule has 2 atom stereocenters. The molecule has 0 aliphatic carbocycles. The predicted octanol–water partition coefficient (Wildman–Crippen LogP) is 2.85. The van der Waals surface area contributed by atoms with Crippen LogP contribution in [0.5, 0.6) is 5.75 Å². The Labute approximate surface area is 131 Å². The molecular weight excluding hydrogens is 290 g/mol. The third kappa shape index (κ3) is 4.61. The van der Waals surface area contributed by atoms with E-state index in [2.05, 4.69) is 11.8 Å². The lowest BCUT2D eigenvalue weighted by Crippen LogP contribution is -2.26. The number of nitrogens with zero attached hydrogens (tertiary/aromatic N) is 1. The Morgan fingerprint density at radius 3 is 2.71 bits per heavy atom. The molecule has 21 heavy (non-hydrogen) atoms. The summed E-state index contributed by atoms with van der Waals surface area (Å²) in [5, 5.41) is 0.710. The maximum atomic E-state index is 11.6. The quantitative estimate of drug-likeness (QED) is 0.598. The van der Waals surface area contributed by atoms with Gasteiger partial charge in [-0.2, -0.15) is 0 Å². The van der Waals surface area contributed by atoms with E-state index >= 15 is 0 Å². The Morgan fingerprint density at radius 1 is 1.33 bits per heavy atom. The van der Waals surface area contributed by atoms with Crippen molar-refractivity contribution < 1.29 is 14.3 Å². The van der Waals surface area contributed by atoms with E-state index in [0.717, 1.165) is 31.8 Å². The second-order valence-electron chi connectivity index (χ2n) is 5.52. The first-order valence-electron chi connectivity index (χ1n) is 7.28. The van der Waals surface area contributed by atoms with E-state index < -0.39 is 0 Å². The van der Waals surface area contributed by atoms with Crippen LogP contribution in [0.2, 0.25) is 5.02 Å². The summed E-state index contributed by atoms with van der Waals surface area (Å²) in [6, 6.07) is 7.38. The van der Waals surface area contributed by atoms with Crippen LogP contribution >= 0.6 is 11.6 Å². The highest BCUT2D eigenvalue weighted by Gasteiger charge is 2.34. The number of hydrogen-bond donors (Lipinski definition) is 0. The zero-order valence-corrected chi connectivity index (χ0v) is 13.3. The molecule has 0 saturated carbocycles. The van der Waals surface area contributed by atoms with Crippen molar-refractivity contribution in [3.8, 4) is 5.75 Å². The minimum atomic E-state index is -0.0950. The summed E-state index contributed by atoms with van der Waals surface area (Å²) in [5.41, 5.74) is 0. The molecule has 1 heterocycles. The third-order valence-corrected chi connectivity index (χ3v) is 4.14. The molecule has 1 saturated heterocycles. The van der Waals surface area contributed by atoms with Crippen molar-refractivity contribution in [2.24, 2.45) is 11.8 Å². The Kier molecular flexibility index (Phi) is 5.88. The molecule has 2 unspecified atom stereocenters. The molecule has 1 aliphatic heterocycles. The van der Waals surface area contributed by atoms with Crippen LogP contribution < -0.4 is 4.74 Å². The number of ether oxygens (including phenoxy) is 2. The lowest BCUT2D eigenvalue weighted by atomic mass is 9.99. The van der Waals surface area contributed by atoms with Crippen molar-refractivity contribution in [3.63, 3.8) is 0 Å². The summed E-state index contributed by atoms with van der Waals surface area (Å²) in [6.45, 7) is 5.43. The van der Waals surface area contributed by atoms with E-state index in [1.54, 1.807) is 0 Å². The SMILES string of the molecule is COC(=O)C1CN(CCCOc2ccc(Cl)cc2)CC1C. The van der Waals surface area contributed by atoms with Gasteiger partial charge >= 0.3 is 5.97 Å². The third-order valence-electron chi connectivity index (χ3n) is 3.89. The highest BCUT2D eigenvalue weighted by molar-refractivity contribution is 6.30. The fourth-order valence-corrected chi connectivity index (χ4v) is 2.84. The molecule has 1 fully saturated rings. The fourth-order valence-electron chi connectivity index (χ4n) is 2.72. The van der Waals surface area contributed by atoms with Crippen molar-refractivity contribution in [3.05, 3.63) is 29.3 Å².